The van der Waals surface area contributed by atoms with Gasteiger partial charge in [0, 0.05) is 30.9 Å². The van der Waals surface area contributed by atoms with E-state index in [1.54, 1.807) is 13.0 Å². The number of nitrogens with one attached hydrogen (secondary N) is 1. The Morgan fingerprint density at radius 2 is 1.87 bits per heavy atom. The predicted octanol–water partition coefficient (Wildman–Crippen LogP) is 4.50. The number of morpholine rings is 1. The van der Waals surface area contributed by atoms with Crippen LogP contribution in [0, 0.1) is 6.92 Å². The maximum atomic E-state index is 12.8. The van der Waals surface area contributed by atoms with E-state index in [9.17, 15) is 4.79 Å². The molecule has 1 fully saturated rings. The standard InChI is InChI=1S/C24H26ClN3O3/c1-17-22(23(27-31-17)20-6-2-3-7-21(20)25)24(29)26-12-4-5-18-8-10-19(11-9-18)28-13-15-30-16-14-28/h2-3,6-11H,4-5,12-16H2,1H3,(H,26,29). The third kappa shape index (κ3) is 5.09. The van der Waals surface area contributed by atoms with Crippen molar-refractivity contribution in [3.8, 4) is 11.3 Å². The third-order valence-corrected chi connectivity index (χ3v) is 5.79. The van der Waals surface area contributed by atoms with Crippen molar-refractivity contribution in [3.63, 3.8) is 0 Å². The lowest BCUT2D eigenvalue weighted by Crippen LogP contribution is -2.36. The first-order valence-corrected chi connectivity index (χ1v) is 10.9. The first kappa shape index (κ1) is 21.4. The van der Waals surface area contributed by atoms with Gasteiger partial charge in [-0.1, -0.05) is 47.1 Å². The molecule has 0 saturated carbocycles. The topological polar surface area (TPSA) is 67.6 Å². The minimum absolute atomic E-state index is 0.198. The number of aryl methyl sites for hydroxylation is 2. The van der Waals surface area contributed by atoms with Gasteiger partial charge in [0.1, 0.15) is 17.0 Å². The van der Waals surface area contributed by atoms with Gasteiger partial charge < -0.3 is 19.5 Å². The molecule has 0 radical (unpaired) electrons. The Labute approximate surface area is 187 Å². The van der Waals surface area contributed by atoms with Crippen LogP contribution >= 0.6 is 11.6 Å². The van der Waals surface area contributed by atoms with E-state index in [1.165, 1.54) is 11.3 Å². The van der Waals surface area contributed by atoms with E-state index in [-0.39, 0.29) is 5.91 Å². The second-order valence-corrected chi connectivity index (χ2v) is 7.97. The van der Waals surface area contributed by atoms with Gasteiger partial charge in [-0.25, -0.2) is 0 Å². The average molecular weight is 440 g/mol. The number of rotatable bonds is 7. The number of hydrogen-bond donors (Lipinski definition) is 1. The number of amides is 1. The maximum absolute atomic E-state index is 12.8. The first-order chi connectivity index (χ1) is 15.1. The summed E-state index contributed by atoms with van der Waals surface area (Å²) in [5.41, 5.74) is 4.08. The fourth-order valence-corrected chi connectivity index (χ4v) is 3.98. The van der Waals surface area contributed by atoms with Crippen LogP contribution in [0.4, 0.5) is 5.69 Å². The van der Waals surface area contributed by atoms with Gasteiger partial charge in [0.25, 0.3) is 5.91 Å². The molecule has 0 bridgehead atoms. The lowest BCUT2D eigenvalue weighted by Gasteiger charge is -2.28. The number of halogens is 1. The Morgan fingerprint density at radius 3 is 2.61 bits per heavy atom. The van der Waals surface area contributed by atoms with E-state index in [0.29, 0.717) is 34.1 Å². The average Bonchev–Trinajstić information content (AvgIpc) is 3.19. The molecule has 1 N–H and O–H groups in total. The quantitative estimate of drug-likeness (QED) is 0.549. The van der Waals surface area contributed by atoms with Crippen LogP contribution in [0.1, 0.15) is 28.1 Å². The van der Waals surface area contributed by atoms with Crippen LogP contribution in [-0.2, 0) is 11.2 Å². The van der Waals surface area contributed by atoms with E-state index < -0.39 is 0 Å². The van der Waals surface area contributed by atoms with Crippen molar-refractivity contribution in [1.82, 2.24) is 10.5 Å². The largest absolute Gasteiger partial charge is 0.378 e. The molecule has 162 valence electrons. The molecule has 1 aliphatic rings. The molecule has 2 heterocycles. The summed E-state index contributed by atoms with van der Waals surface area (Å²) in [7, 11) is 0. The van der Waals surface area contributed by atoms with Gasteiger partial charge in [-0.15, -0.1) is 0 Å². The number of carbonyl (C=O) groups excluding carboxylic acids is 1. The molecule has 0 atom stereocenters. The fraction of sp³-hybridized carbons (Fsp3) is 0.333. The third-order valence-electron chi connectivity index (χ3n) is 5.46. The van der Waals surface area contributed by atoms with Crippen molar-refractivity contribution in [2.75, 3.05) is 37.7 Å². The van der Waals surface area contributed by atoms with Gasteiger partial charge in [-0.3, -0.25) is 4.79 Å². The molecule has 1 aliphatic heterocycles. The van der Waals surface area contributed by atoms with Crippen LogP contribution in [-0.4, -0.2) is 43.9 Å². The lowest BCUT2D eigenvalue weighted by atomic mass is 10.1. The minimum Gasteiger partial charge on any atom is -0.378 e. The van der Waals surface area contributed by atoms with Gasteiger partial charge in [-0.05, 0) is 43.5 Å². The van der Waals surface area contributed by atoms with Crippen molar-refractivity contribution in [3.05, 3.63) is 70.4 Å². The number of hydrogen-bond acceptors (Lipinski definition) is 5. The molecule has 1 aromatic heterocycles. The zero-order valence-corrected chi connectivity index (χ0v) is 18.3. The van der Waals surface area contributed by atoms with Crippen molar-refractivity contribution in [2.24, 2.45) is 0 Å². The van der Waals surface area contributed by atoms with E-state index in [0.717, 1.165) is 39.1 Å². The molecule has 0 aliphatic carbocycles. The molecule has 7 heteroatoms. The summed E-state index contributed by atoms with van der Waals surface area (Å²) in [6.45, 7) is 5.74. The summed E-state index contributed by atoms with van der Waals surface area (Å²) in [5.74, 6) is 0.280. The van der Waals surface area contributed by atoms with Crippen LogP contribution in [0.3, 0.4) is 0 Å². The Hall–Kier alpha value is -2.83. The lowest BCUT2D eigenvalue weighted by molar-refractivity contribution is 0.0952. The van der Waals surface area contributed by atoms with E-state index in [4.69, 9.17) is 20.9 Å². The van der Waals surface area contributed by atoms with Crippen molar-refractivity contribution in [2.45, 2.75) is 19.8 Å². The second-order valence-electron chi connectivity index (χ2n) is 7.57. The summed E-state index contributed by atoms with van der Waals surface area (Å²) >= 11 is 6.28. The molecule has 4 rings (SSSR count). The summed E-state index contributed by atoms with van der Waals surface area (Å²) in [6.07, 6.45) is 1.73. The van der Waals surface area contributed by atoms with E-state index in [2.05, 4.69) is 39.6 Å². The van der Waals surface area contributed by atoms with Gasteiger partial charge in [0.2, 0.25) is 0 Å². The number of carbonyl (C=O) groups is 1. The van der Waals surface area contributed by atoms with Gasteiger partial charge >= 0.3 is 0 Å². The van der Waals surface area contributed by atoms with Crippen molar-refractivity contribution >= 4 is 23.2 Å². The fourth-order valence-electron chi connectivity index (χ4n) is 3.75. The molecule has 0 spiro atoms. The smallest absolute Gasteiger partial charge is 0.257 e. The van der Waals surface area contributed by atoms with Crippen LogP contribution in [0.15, 0.2) is 53.1 Å². The highest BCUT2D eigenvalue weighted by Crippen LogP contribution is 2.30. The summed E-state index contributed by atoms with van der Waals surface area (Å²) < 4.78 is 10.7. The zero-order valence-electron chi connectivity index (χ0n) is 17.6. The first-order valence-electron chi connectivity index (χ1n) is 10.5. The highest BCUT2D eigenvalue weighted by atomic mass is 35.5. The number of anilines is 1. The van der Waals surface area contributed by atoms with Gasteiger partial charge in [-0.2, -0.15) is 0 Å². The Morgan fingerprint density at radius 1 is 1.13 bits per heavy atom. The second kappa shape index (κ2) is 9.98. The molecule has 0 unspecified atom stereocenters. The molecular formula is C24H26ClN3O3. The van der Waals surface area contributed by atoms with Gasteiger partial charge in [0.05, 0.1) is 18.2 Å². The molecular weight excluding hydrogens is 414 g/mol. The monoisotopic (exact) mass is 439 g/mol. The Kier molecular flexibility index (Phi) is 6.89. The van der Waals surface area contributed by atoms with E-state index >= 15 is 0 Å². The highest BCUT2D eigenvalue weighted by Gasteiger charge is 2.22. The highest BCUT2D eigenvalue weighted by molar-refractivity contribution is 6.33. The summed E-state index contributed by atoms with van der Waals surface area (Å²) in [4.78, 5) is 15.1. The van der Waals surface area contributed by atoms with Gasteiger partial charge in [0.15, 0.2) is 0 Å². The Bertz CT molecular complexity index is 1030. The van der Waals surface area contributed by atoms with Crippen LogP contribution < -0.4 is 10.2 Å². The molecule has 1 saturated heterocycles. The summed E-state index contributed by atoms with van der Waals surface area (Å²) in [5, 5.41) is 7.58. The SMILES string of the molecule is Cc1onc(-c2ccccc2Cl)c1C(=O)NCCCc1ccc(N2CCOCC2)cc1. The van der Waals surface area contributed by atoms with Crippen molar-refractivity contribution in [1.29, 1.82) is 0 Å². The summed E-state index contributed by atoms with van der Waals surface area (Å²) in [6, 6.07) is 15.9. The van der Waals surface area contributed by atoms with E-state index in [1.807, 2.05) is 18.2 Å². The Balaban J connectivity index is 1.31. The van der Waals surface area contributed by atoms with Crippen LogP contribution in [0.25, 0.3) is 11.3 Å². The van der Waals surface area contributed by atoms with Crippen LogP contribution in [0.5, 0.6) is 0 Å². The molecule has 3 aromatic rings. The maximum Gasteiger partial charge on any atom is 0.257 e. The molecule has 1 amide bonds. The number of benzene rings is 2. The van der Waals surface area contributed by atoms with Crippen LogP contribution in [0.2, 0.25) is 5.02 Å². The number of nitrogens with zero attached hydrogens (tertiary/aromatic N) is 2. The number of aromatic nitrogens is 1. The minimum atomic E-state index is -0.198. The molecule has 2 aromatic carbocycles. The zero-order chi connectivity index (χ0) is 21.6. The van der Waals surface area contributed by atoms with Crippen molar-refractivity contribution < 1.29 is 14.1 Å². The normalized spacial score (nSPS) is 13.9. The molecule has 31 heavy (non-hydrogen) atoms. The molecule has 6 nitrogen and oxygen atoms in total. The number of ether oxygens (including phenoxy) is 1. The predicted molar refractivity (Wildman–Crippen MR) is 122 cm³/mol.